The molecule has 5 heteroatoms. The molecule has 0 saturated heterocycles. The van der Waals surface area contributed by atoms with Crippen LogP contribution in [0.15, 0.2) is 34.8 Å². The SMILES string of the molecule is Cc1ccc(Br)c(Nc2ccc(Cl)nn2)c1. The predicted octanol–water partition coefficient (Wildman–Crippen LogP) is 3.94. The summed E-state index contributed by atoms with van der Waals surface area (Å²) < 4.78 is 0.981. The highest BCUT2D eigenvalue weighted by Crippen LogP contribution is 2.25. The Balaban J connectivity index is 2.26. The maximum atomic E-state index is 5.66. The van der Waals surface area contributed by atoms with Crippen LogP contribution < -0.4 is 5.32 Å². The second kappa shape index (κ2) is 4.80. The van der Waals surface area contributed by atoms with Crippen molar-refractivity contribution in [1.29, 1.82) is 0 Å². The summed E-state index contributed by atoms with van der Waals surface area (Å²) in [6.45, 7) is 2.03. The van der Waals surface area contributed by atoms with Crippen LogP contribution in [0.25, 0.3) is 0 Å². The van der Waals surface area contributed by atoms with E-state index in [1.54, 1.807) is 12.1 Å². The predicted molar refractivity (Wildman–Crippen MR) is 69.2 cm³/mol. The van der Waals surface area contributed by atoms with E-state index in [2.05, 4.69) is 31.4 Å². The Bertz CT molecular complexity index is 499. The van der Waals surface area contributed by atoms with Crippen LogP contribution in [0.2, 0.25) is 5.15 Å². The van der Waals surface area contributed by atoms with Crippen LogP contribution >= 0.6 is 27.5 Å². The molecule has 1 heterocycles. The lowest BCUT2D eigenvalue weighted by molar-refractivity contribution is 1.04. The first-order valence-corrected chi connectivity index (χ1v) is 5.84. The average molecular weight is 299 g/mol. The zero-order valence-corrected chi connectivity index (χ0v) is 10.9. The van der Waals surface area contributed by atoms with Crippen molar-refractivity contribution in [2.24, 2.45) is 0 Å². The lowest BCUT2D eigenvalue weighted by Crippen LogP contribution is -1.96. The van der Waals surface area contributed by atoms with Crippen molar-refractivity contribution in [3.63, 3.8) is 0 Å². The summed E-state index contributed by atoms with van der Waals surface area (Å²) in [6, 6.07) is 9.52. The number of rotatable bonds is 2. The minimum atomic E-state index is 0.383. The van der Waals surface area contributed by atoms with Crippen LogP contribution in [0.3, 0.4) is 0 Å². The fourth-order valence-corrected chi connectivity index (χ4v) is 1.70. The smallest absolute Gasteiger partial charge is 0.153 e. The van der Waals surface area contributed by atoms with Crippen molar-refractivity contribution < 1.29 is 0 Å². The number of hydrogen-bond donors (Lipinski definition) is 1. The number of hydrogen-bond acceptors (Lipinski definition) is 3. The number of halogens is 2. The molecule has 1 aromatic heterocycles. The standard InChI is InChI=1S/C11H9BrClN3/c1-7-2-3-8(12)9(6-7)14-11-5-4-10(13)15-16-11/h2-6H,1H3,(H,14,16). The zero-order chi connectivity index (χ0) is 11.5. The molecule has 82 valence electrons. The van der Waals surface area contributed by atoms with Crippen LogP contribution in [-0.2, 0) is 0 Å². The third kappa shape index (κ3) is 2.71. The molecule has 0 fully saturated rings. The summed E-state index contributed by atoms with van der Waals surface area (Å²) in [5.74, 6) is 0.663. The lowest BCUT2D eigenvalue weighted by Gasteiger charge is -2.07. The number of aromatic nitrogens is 2. The second-order valence-corrected chi connectivity index (χ2v) is 4.59. The van der Waals surface area contributed by atoms with Gasteiger partial charge in [0, 0.05) is 4.47 Å². The van der Waals surface area contributed by atoms with Crippen molar-refractivity contribution in [3.05, 3.63) is 45.5 Å². The van der Waals surface area contributed by atoms with Crippen molar-refractivity contribution in [2.45, 2.75) is 6.92 Å². The fourth-order valence-electron chi connectivity index (χ4n) is 1.26. The summed E-state index contributed by atoms with van der Waals surface area (Å²) in [6.07, 6.45) is 0. The molecule has 0 unspecified atom stereocenters. The van der Waals surface area contributed by atoms with Gasteiger partial charge in [-0.15, -0.1) is 10.2 Å². The van der Waals surface area contributed by atoms with Crippen molar-refractivity contribution >= 4 is 39.0 Å². The summed E-state index contributed by atoms with van der Waals surface area (Å²) in [5.41, 5.74) is 2.13. The summed E-state index contributed by atoms with van der Waals surface area (Å²) in [4.78, 5) is 0. The highest BCUT2D eigenvalue weighted by atomic mass is 79.9. The Morgan fingerprint density at radius 1 is 1.19 bits per heavy atom. The van der Waals surface area contributed by atoms with E-state index in [0.29, 0.717) is 11.0 Å². The molecule has 0 radical (unpaired) electrons. The number of nitrogens with zero attached hydrogens (tertiary/aromatic N) is 2. The van der Waals surface area contributed by atoms with Gasteiger partial charge in [0.15, 0.2) is 11.0 Å². The van der Waals surface area contributed by atoms with Gasteiger partial charge >= 0.3 is 0 Å². The van der Waals surface area contributed by atoms with Crippen molar-refractivity contribution in [3.8, 4) is 0 Å². The van der Waals surface area contributed by atoms with E-state index in [0.717, 1.165) is 10.2 Å². The third-order valence-electron chi connectivity index (χ3n) is 2.02. The molecular weight excluding hydrogens is 289 g/mol. The highest BCUT2D eigenvalue weighted by Gasteiger charge is 2.01. The molecule has 3 nitrogen and oxygen atoms in total. The molecule has 0 aliphatic carbocycles. The second-order valence-electron chi connectivity index (χ2n) is 3.35. The van der Waals surface area contributed by atoms with Crippen molar-refractivity contribution in [1.82, 2.24) is 10.2 Å². The van der Waals surface area contributed by atoms with Gasteiger partial charge in [-0.25, -0.2) is 0 Å². The molecule has 0 saturated carbocycles. The topological polar surface area (TPSA) is 37.8 Å². The van der Waals surface area contributed by atoms with Gasteiger partial charge in [0.05, 0.1) is 5.69 Å². The number of nitrogens with one attached hydrogen (secondary N) is 1. The van der Waals surface area contributed by atoms with Gasteiger partial charge in [-0.2, -0.15) is 0 Å². The van der Waals surface area contributed by atoms with Gasteiger partial charge in [-0.3, -0.25) is 0 Å². The number of aryl methyl sites for hydroxylation is 1. The van der Waals surface area contributed by atoms with E-state index >= 15 is 0 Å². The average Bonchev–Trinajstić information content (AvgIpc) is 2.27. The Hall–Kier alpha value is -1.13. The van der Waals surface area contributed by atoms with Crippen LogP contribution in [0.4, 0.5) is 11.5 Å². The van der Waals surface area contributed by atoms with E-state index < -0.39 is 0 Å². The van der Waals surface area contributed by atoms with Gasteiger partial charge in [0.2, 0.25) is 0 Å². The Morgan fingerprint density at radius 2 is 2.00 bits per heavy atom. The van der Waals surface area contributed by atoms with E-state index in [1.807, 2.05) is 25.1 Å². The summed E-state index contributed by atoms with van der Waals surface area (Å²) >= 11 is 9.13. The third-order valence-corrected chi connectivity index (χ3v) is 2.91. The molecule has 16 heavy (non-hydrogen) atoms. The van der Waals surface area contributed by atoms with E-state index in [9.17, 15) is 0 Å². The van der Waals surface area contributed by atoms with E-state index in [1.165, 1.54) is 5.56 Å². The molecule has 2 rings (SSSR count). The van der Waals surface area contributed by atoms with Gasteiger partial charge < -0.3 is 5.32 Å². The van der Waals surface area contributed by atoms with Gasteiger partial charge in [-0.1, -0.05) is 17.7 Å². The van der Waals surface area contributed by atoms with E-state index in [-0.39, 0.29) is 0 Å². The van der Waals surface area contributed by atoms with Crippen molar-refractivity contribution in [2.75, 3.05) is 5.32 Å². The molecule has 0 atom stereocenters. The van der Waals surface area contributed by atoms with Crippen LogP contribution in [0.5, 0.6) is 0 Å². The quantitative estimate of drug-likeness (QED) is 0.912. The molecule has 0 bridgehead atoms. The van der Waals surface area contributed by atoms with Gasteiger partial charge in [-0.05, 0) is 52.7 Å². The molecule has 1 N–H and O–H groups in total. The summed E-state index contributed by atoms with van der Waals surface area (Å²) in [5, 5.41) is 11.2. The summed E-state index contributed by atoms with van der Waals surface area (Å²) in [7, 11) is 0. The maximum absolute atomic E-state index is 5.66. The van der Waals surface area contributed by atoms with Gasteiger partial charge in [0.25, 0.3) is 0 Å². The zero-order valence-electron chi connectivity index (χ0n) is 8.54. The molecule has 1 aromatic carbocycles. The Kier molecular flexibility index (Phi) is 3.41. The minimum Gasteiger partial charge on any atom is -0.338 e. The Labute approximate surface area is 107 Å². The lowest BCUT2D eigenvalue weighted by atomic mass is 10.2. The van der Waals surface area contributed by atoms with E-state index in [4.69, 9.17) is 11.6 Å². The molecule has 0 spiro atoms. The number of benzene rings is 1. The van der Waals surface area contributed by atoms with Crippen LogP contribution in [-0.4, -0.2) is 10.2 Å². The highest BCUT2D eigenvalue weighted by molar-refractivity contribution is 9.10. The van der Waals surface area contributed by atoms with Crippen LogP contribution in [0, 0.1) is 6.92 Å². The molecule has 0 aliphatic heterocycles. The normalized spacial score (nSPS) is 10.2. The molecule has 0 amide bonds. The largest absolute Gasteiger partial charge is 0.338 e. The Morgan fingerprint density at radius 3 is 2.69 bits per heavy atom. The minimum absolute atomic E-state index is 0.383. The van der Waals surface area contributed by atoms with Gasteiger partial charge in [0.1, 0.15) is 0 Å². The first kappa shape index (κ1) is 11.4. The fraction of sp³-hybridized carbons (Fsp3) is 0.0909. The van der Waals surface area contributed by atoms with Crippen LogP contribution in [0.1, 0.15) is 5.56 Å². The first-order chi connectivity index (χ1) is 7.65. The maximum Gasteiger partial charge on any atom is 0.153 e. The molecule has 0 aliphatic rings. The number of anilines is 2. The monoisotopic (exact) mass is 297 g/mol. The molecular formula is C11H9BrClN3. The first-order valence-electron chi connectivity index (χ1n) is 4.67. The molecule has 2 aromatic rings.